The molecule has 2 aromatic carbocycles. The normalized spacial score (nSPS) is 14.2. The van der Waals surface area contributed by atoms with E-state index in [2.05, 4.69) is 36.1 Å². The second-order valence-corrected chi connectivity index (χ2v) is 10.1. The van der Waals surface area contributed by atoms with Crippen molar-refractivity contribution in [2.75, 3.05) is 7.05 Å². The lowest BCUT2D eigenvalue weighted by Crippen LogP contribution is -2.38. The molecule has 3 aromatic rings. The minimum Gasteiger partial charge on any atom is -0.454 e. The zero-order valence-corrected chi connectivity index (χ0v) is 20.9. The number of hydrogen-bond acceptors (Lipinski definition) is 6. The Bertz CT molecular complexity index is 1130. The SMILES string of the molecule is CNC(=O)[C@H](CCC(C)(C)C)C[C@H](O)[C@H](Cc1ccccc1)OC(=O)c1cnc2ccccc2n1. The van der Waals surface area contributed by atoms with Crippen LogP contribution in [0.1, 0.15) is 56.1 Å². The Balaban J connectivity index is 1.80. The highest BCUT2D eigenvalue weighted by Gasteiger charge is 2.31. The molecule has 0 saturated heterocycles. The summed E-state index contributed by atoms with van der Waals surface area (Å²) in [5.74, 6) is -1.18. The predicted molar refractivity (Wildman–Crippen MR) is 136 cm³/mol. The first kappa shape index (κ1) is 26.3. The van der Waals surface area contributed by atoms with Gasteiger partial charge in [-0.05, 0) is 42.4 Å². The molecule has 0 saturated carbocycles. The Labute approximate surface area is 206 Å². The Kier molecular flexibility index (Phi) is 8.93. The highest BCUT2D eigenvalue weighted by atomic mass is 16.6. The monoisotopic (exact) mass is 477 g/mol. The Hall–Kier alpha value is -3.32. The summed E-state index contributed by atoms with van der Waals surface area (Å²) in [6.45, 7) is 6.36. The fourth-order valence-electron chi connectivity index (χ4n) is 3.97. The van der Waals surface area contributed by atoms with E-state index in [-0.39, 0.29) is 23.4 Å². The van der Waals surface area contributed by atoms with Gasteiger partial charge in [-0.25, -0.2) is 9.78 Å². The molecular weight excluding hydrogens is 442 g/mol. The van der Waals surface area contributed by atoms with Crippen LogP contribution in [0.4, 0.5) is 0 Å². The van der Waals surface area contributed by atoms with Gasteiger partial charge in [0.1, 0.15) is 6.10 Å². The fourth-order valence-corrected chi connectivity index (χ4v) is 3.97. The number of nitrogens with one attached hydrogen (secondary N) is 1. The standard InChI is InChI=1S/C28H35N3O4/c1-28(2,3)15-14-20(26(33)29-4)17-24(32)25(16-19-10-6-5-7-11-19)35-27(34)23-18-30-21-12-8-9-13-22(21)31-23/h5-13,18,20,24-25,32H,14-17H2,1-4H3,(H,29,33)/t20-,24+,25+/m1/s1. The first-order chi connectivity index (χ1) is 16.7. The van der Waals surface area contributed by atoms with Crippen molar-refractivity contribution in [3.05, 3.63) is 72.1 Å². The first-order valence-electron chi connectivity index (χ1n) is 12.0. The zero-order chi connectivity index (χ0) is 25.4. The maximum Gasteiger partial charge on any atom is 0.358 e. The van der Waals surface area contributed by atoms with E-state index in [0.717, 1.165) is 12.0 Å². The van der Waals surface area contributed by atoms with Crippen LogP contribution in [0.3, 0.4) is 0 Å². The van der Waals surface area contributed by atoms with Crippen molar-refractivity contribution in [2.24, 2.45) is 11.3 Å². The van der Waals surface area contributed by atoms with Crippen LogP contribution in [0.2, 0.25) is 0 Å². The smallest absolute Gasteiger partial charge is 0.358 e. The summed E-state index contributed by atoms with van der Waals surface area (Å²) < 4.78 is 5.79. The number of aliphatic hydroxyl groups excluding tert-OH is 1. The van der Waals surface area contributed by atoms with Crippen LogP contribution in [0, 0.1) is 11.3 Å². The number of esters is 1. The molecule has 186 valence electrons. The lowest BCUT2D eigenvalue weighted by molar-refractivity contribution is -0.126. The minimum absolute atomic E-state index is 0.0574. The lowest BCUT2D eigenvalue weighted by atomic mass is 9.83. The molecule has 7 nitrogen and oxygen atoms in total. The van der Waals surface area contributed by atoms with Crippen LogP contribution in [-0.2, 0) is 16.0 Å². The lowest BCUT2D eigenvalue weighted by Gasteiger charge is -2.28. The van der Waals surface area contributed by atoms with Gasteiger partial charge in [-0.3, -0.25) is 9.78 Å². The fraction of sp³-hybridized carbons (Fsp3) is 0.429. The van der Waals surface area contributed by atoms with Crippen LogP contribution in [0.25, 0.3) is 11.0 Å². The molecule has 0 bridgehead atoms. The highest BCUT2D eigenvalue weighted by Crippen LogP contribution is 2.27. The van der Waals surface area contributed by atoms with Gasteiger partial charge in [-0.1, -0.05) is 63.2 Å². The van der Waals surface area contributed by atoms with Gasteiger partial charge in [-0.15, -0.1) is 0 Å². The van der Waals surface area contributed by atoms with Crippen LogP contribution in [0.15, 0.2) is 60.8 Å². The summed E-state index contributed by atoms with van der Waals surface area (Å²) in [5, 5.41) is 13.9. The number of amides is 1. The van der Waals surface area contributed by atoms with E-state index in [9.17, 15) is 14.7 Å². The van der Waals surface area contributed by atoms with Gasteiger partial charge >= 0.3 is 5.97 Å². The summed E-state index contributed by atoms with van der Waals surface area (Å²) in [5.41, 5.74) is 2.31. The number of hydrogen-bond donors (Lipinski definition) is 2. The van der Waals surface area contributed by atoms with Crippen molar-refractivity contribution < 1.29 is 19.4 Å². The Morgan fingerprint density at radius 1 is 1.03 bits per heavy atom. The van der Waals surface area contributed by atoms with E-state index in [1.807, 2.05) is 48.5 Å². The van der Waals surface area contributed by atoms with E-state index in [1.54, 1.807) is 13.1 Å². The van der Waals surface area contributed by atoms with Gasteiger partial charge in [0.05, 0.1) is 23.3 Å². The summed E-state index contributed by atoms with van der Waals surface area (Å²) in [4.78, 5) is 34.2. The zero-order valence-electron chi connectivity index (χ0n) is 20.9. The number of carbonyl (C=O) groups is 2. The van der Waals surface area contributed by atoms with Crippen LogP contribution >= 0.6 is 0 Å². The quantitative estimate of drug-likeness (QED) is 0.421. The van der Waals surface area contributed by atoms with Gasteiger partial charge in [0.15, 0.2) is 5.69 Å². The molecule has 0 fully saturated rings. The van der Waals surface area contributed by atoms with Crippen LogP contribution < -0.4 is 5.32 Å². The topological polar surface area (TPSA) is 101 Å². The van der Waals surface area contributed by atoms with Crippen molar-refractivity contribution >= 4 is 22.9 Å². The third kappa shape index (κ3) is 7.86. The van der Waals surface area contributed by atoms with E-state index in [1.165, 1.54) is 6.20 Å². The number of carbonyl (C=O) groups excluding carboxylic acids is 2. The summed E-state index contributed by atoms with van der Waals surface area (Å²) in [6.07, 6.45) is 1.46. The van der Waals surface area contributed by atoms with Crippen molar-refractivity contribution in [2.45, 2.75) is 58.7 Å². The van der Waals surface area contributed by atoms with Gasteiger partial charge in [0.2, 0.25) is 5.91 Å². The Morgan fingerprint density at radius 2 is 1.69 bits per heavy atom. The van der Waals surface area contributed by atoms with Crippen LogP contribution in [0.5, 0.6) is 0 Å². The molecule has 0 unspecified atom stereocenters. The number of ether oxygens (including phenoxy) is 1. The molecule has 1 aromatic heterocycles. The van der Waals surface area contributed by atoms with Gasteiger partial charge < -0.3 is 15.2 Å². The van der Waals surface area contributed by atoms with Gasteiger partial charge in [0, 0.05) is 19.4 Å². The van der Waals surface area contributed by atoms with Crippen molar-refractivity contribution in [3.8, 4) is 0 Å². The Morgan fingerprint density at radius 3 is 2.34 bits per heavy atom. The largest absolute Gasteiger partial charge is 0.454 e. The number of benzene rings is 2. The van der Waals surface area contributed by atoms with E-state index >= 15 is 0 Å². The average molecular weight is 478 g/mol. The summed E-state index contributed by atoms with van der Waals surface area (Å²) in [6, 6.07) is 16.8. The highest BCUT2D eigenvalue weighted by molar-refractivity contribution is 5.89. The summed E-state index contributed by atoms with van der Waals surface area (Å²) in [7, 11) is 1.60. The molecule has 1 amide bonds. The predicted octanol–water partition coefficient (Wildman–Crippen LogP) is 4.34. The van der Waals surface area contributed by atoms with Crippen molar-refractivity contribution in [3.63, 3.8) is 0 Å². The number of aromatic nitrogens is 2. The third-order valence-electron chi connectivity index (χ3n) is 6.01. The molecule has 0 aliphatic carbocycles. The number of nitrogens with zero attached hydrogens (tertiary/aromatic N) is 2. The maximum atomic E-state index is 13.0. The third-order valence-corrected chi connectivity index (χ3v) is 6.01. The summed E-state index contributed by atoms with van der Waals surface area (Å²) >= 11 is 0. The van der Waals surface area contributed by atoms with Gasteiger partial charge in [-0.2, -0.15) is 0 Å². The molecule has 0 aliphatic heterocycles. The molecule has 1 heterocycles. The molecule has 35 heavy (non-hydrogen) atoms. The molecule has 3 rings (SSSR count). The molecular formula is C28H35N3O4. The molecule has 2 N–H and O–H groups in total. The van der Waals surface area contributed by atoms with Gasteiger partial charge in [0.25, 0.3) is 0 Å². The van der Waals surface area contributed by atoms with Crippen molar-refractivity contribution in [1.82, 2.24) is 15.3 Å². The second-order valence-electron chi connectivity index (χ2n) is 10.1. The van der Waals surface area contributed by atoms with Crippen LogP contribution in [-0.4, -0.2) is 46.2 Å². The van der Waals surface area contributed by atoms with E-state index in [0.29, 0.717) is 23.9 Å². The number of fused-ring (bicyclic) bond motifs is 1. The number of para-hydroxylation sites is 2. The average Bonchev–Trinajstić information content (AvgIpc) is 2.85. The second kappa shape index (κ2) is 11.9. The van der Waals surface area contributed by atoms with E-state index in [4.69, 9.17) is 4.74 Å². The van der Waals surface area contributed by atoms with Crippen molar-refractivity contribution in [1.29, 1.82) is 0 Å². The maximum absolute atomic E-state index is 13.0. The molecule has 0 radical (unpaired) electrons. The molecule has 0 aliphatic rings. The molecule has 0 spiro atoms. The minimum atomic E-state index is -1.03. The first-order valence-corrected chi connectivity index (χ1v) is 12.0. The number of aliphatic hydroxyl groups is 1. The number of rotatable bonds is 10. The van der Waals surface area contributed by atoms with E-state index < -0.39 is 24.1 Å². The molecule has 7 heteroatoms. The molecule has 3 atom stereocenters.